The van der Waals surface area contributed by atoms with Gasteiger partial charge in [0.05, 0.1) is 16.8 Å². The van der Waals surface area contributed by atoms with Gasteiger partial charge in [0.25, 0.3) is 0 Å². The Morgan fingerprint density at radius 3 is 2.78 bits per heavy atom. The number of halogens is 1. The Morgan fingerprint density at radius 2 is 1.96 bits per heavy atom. The molecule has 0 radical (unpaired) electrons. The Kier molecular flexibility index (Phi) is 3.43. The predicted octanol–water partition coefficient (Wildman–Crippen LogP) is 5.31. The number of aromatic nitrogens is 2. The molecule has 0 fully saturated rings. The summed E-state index contributed by atoms with van der Waals surface area (Å²) in [6.07, 6.45) is 3.81. The molecule has 0 saturated heterocycles. The van der Waals surface area contributed by atoms with Crippen LogP contribution in [-0.2, 0) is 6.54 Å². The van der Waals surface area contributed by atoms with Gasteiger partial charge in [0, 0.05) is 18.3 Å². The van der Waals surface area contributed by atoms with Crippen molar-refractivity contribution in [3.63, 3.8) is 0 Å². The number of hydrogen-bond acceptors (Lipinski definition) is 2. The molecular weight excluding hydrogens is 308 g/mol. The van der Waals surface area contributed by atoms with Gasteiger partial charge in [-0.05, 0) is 36.1 Å². The molecule has 0 N–H and O–H groups in total. The second-order valence-electron chi connectivity index (χ2n) is 5.55. The van der Waals surface area contributed by atoms with E-state index in [1.807, 2.05) is 25.1 Å². The summed E-state index contributed by atoms with van der Waals surface area (Å²) in [6.45, 7) is 2.59. The summed E-state index contributed by atoms with van der Waals surface area (Å²) in [5, 5.41) is 1.88. The van der Waals surface area contributed by atoms with Gasteiger partial charge >= 0.3 is 0 Å². The third-order valence-electron chi connectivity index (χ3n) is 3.96. The van der Waals surface area contributed by atoms with Crippen LogP contribution in [-0.4, -0.2) is 9.55 Å². The number of aryl methyl sites for hydroxylation is 1. The molecule has 2 aromatic carbocycles. The van der Waals surface area contributed by atoms with Crippen molar-refractivity contribution in [2.24, 2.45) is 0 Å². The van der Waals surface area contributed by atoms with Gasteiger partial charge in [0.15, 0.2) is 0 Å². The normalized spacial score (nSPS) is 11.2. The molecule has 23 heavy (non-hydrogen) atoms. The fraction of sp³-hybridized carbons (Fsp3) is 0.105. The van der Waals surface area contributed by atoms with Crippen molar-refractivity contribution in [3.05, 3.63) is 77.3 Å². The molecule has 4 heteroatoms. The summed E-state index contributed by atoms with van der Waals surface area (Å²) in [7, 11) is 0. The minimum absolute atomic E-state index is 0.569. The Morgan fingerprint density at radius 1 is 1.09 bits per heavy atom. The molecule has 0 atom stereocenters. The summed E-state index contributed by atoms with van der Waals surface area (Å²) in [5.41, 5.74) is 3.14. The smallest absolute Gasteiger partial charge is 0.228 e. The van der Waals surface area contributed by atoms with Gasteiger partial charge in [-0.1, -0.05) is 41.9 Å². The number of nitrogens with zero attached hydrogens (tertiary/aromatic N) is 2. The van der Waals surface area contributed by atoms with Crippen molar-refractivity contribution in [2.75, 3.05) is 0 Å². The predicted molar refractivity (Wildman–Crippen MR) is 92.7 cm³/mol. The third-order valence-corrected chi connectivity index (χ3v) is 4.27. The zero-order chi connectivity index (χ0) is 15.8. The molecule has 0 unspecified atom stereocenters. The van der Waals surface area contributed by atoms with Crippen LogP contribution in [0.3, 0.4) is 0 Å². The number of hydrogen-bond donors (Lipinski definition) is 0. The van der Waals surface area contributed by atoms with Gasteiger partial charge in [-0.3, -0.25) is 0 Å². The molecular formula is C19H15ClN2O. The van der Waals surface area contributed by atoms with Crippen molar-refractivity contribution in [2.45, 2.75) is 13.5 Å². The van der Waals surface area contributed by atoms with Crippen LogP contribution < -0.4 is 0 Å². The van der Waals surface area contributed by atoms with Crippen molar-refractivity contribution in [3.8, 4) is 11.5 Å². The lowest BCUT2D eigenvalue weighted by Gasteiger charge is -2.11. The zero-order valence-electron chi connectivity index (χ0n) is 12.7. The molecule has 0 spiro atoms. The molecule has 114 valence electrons. The molecule has 0 amide bonds. The van der Waals surface area contributed by atoms with Gasteiger partial charge in [-0.15, -0.1) is 0 Å². The second kappa shape index (κ2) is 5.60. The highest BCUT2D eigenvalue weighted by atomic mass is 35.5. The molecule has 3 nitrogen and oxygen atoms in total. The largest absolute Gasteiger partial charge is 0.441 e. The van der Waals surface area contributed by atoms with E-state index in [2.05, 4.69) is 46.1 Å². The molecule has 0 aliphatic rings. The average molecular weight is 323 g/mol. The van der Waals surface area contributed by atoms with Crippen LogP contribution in [0.5, 0.6) is 0 Å². The molecule has 0 aliphatic carbocycles. The van der Waals surface area contributed by atoms with Gasteiger partial charge in [-0.25, -0.2) is 4.98 Å². The maximum Gasteiger partial charge on any atom is 0.228 e. The summed E-state index contributed by atoms with van der Waals surface area (Å²) < 4.78 is 7.90. The van der Waals surface area contributed by atoms with Crippen LogP contribution in [0.25, 0.3) is 22.4 Å². The summed E-state index contributed by atoms with van der Waals surface area (Å²) in [5.74, 6) is 1.34. The van der Waals surface area contributed by atoms with Crippen molar-refractivity contribution >= 4 is 22.5 Å². The number of para-hydroxylation sites is 1. The Balaban J connectivity index is 1.82. The molecule has 2 aromatic heterocycles. The van der Waals surface area contributed by atoms with E-state index < -0.39 is 0 Å². The van der Waals surface area contributed by atoms with Crippen LogP contribution in [0, 0.1) is 6.92 Å². The Bertz CT molecular complexity index is 984. The first-order valence-electron chi connectivity index (χ1n) is 7.46. The highest BCUT2D eigenvalue weighted by molar-refractivity contribution is 6.33. The van der Waals surface area contributed by atoms with E-state index in [1.165, 1.54) is 10.9 Å². The Labute approximate surface area is 139 Å². The first-order chi connectivity index (χ1) is 11.2. The van der Waals surface area contributed by atoms with E-state index in [1.54, 1.807) is 6.20 Å². The summed E-state index contributed by atoms with van der Waals surface area (Å²) >= 11 is 6.42. The van der Waals surface area contributed by atoms with Gasteiger partial charge in [0.2, 0.25) is 5.89 Å². The quantitative estimate of drug-likeness (QED) is 0.512. The fourth-order valence-electron chi connectivity index (χ4n) is 2.87. The minimum Gasteiger partial charge on any atom is -0.441 e. The molecule has 4 rings (SSSR count). The first kappa shape index (κ1) is 14.1. The minimum atomic E-state index is 0.569. The molecule has 0 saturated carbocycles. The van der Waals surface area contributed by atoms with E-state index in [-0.39, 0.29) is 0 Å². The fourth-order valence-corrected chi connectivity index (χ4v) is 3.15. The van der Waals surface area contributed by atoms with Gasteiger partial charge < -0.3 is 8.98 Å². The van der Waals surface area contributed by atoms with Crippen molar-refractivity contribution in [1.82, 2.24) is 9.55 Å². The highest BCUT2D eigenvalue weighted by Crippen LogP contribution is 2.32. The molecule has 4 aromatic rings. The van der Waals surface area contributed by atoms with E-state index in [9.17, 15) is 0 Å². The maximum atomic E-state index is 6.42. The van der Waals surface area contributed by atoms with E-state index in [4.69, 9.17) is 16.0 Å². The van der Waals surface area contributed by atoms with Gasteiger partial charge in [0.1, 0.15) is 5.76 Å². The van der Waals surface area contributed by atoms with E-state index >= 15 is 0 Å². The van der Waals surface area contributed by atoms with Crippen molar-refractivity contribution < 1.29 is 4.42 Å². The lowest BCUT2D eigenvalue weighted by molar-refractivity contribution is 0.541. The lowest BCUT2D eigenvalue weighted by Crippen LogP contribution is -2.00. The molecule has 0 bridgehead atoms. The van der Waals surface area contributed by atoms with E-state index in [0.29, 0.717) is 17.5 Å². The van der Waals surface area contributed by atoms with Crippen molar-refractivity contribution in [1.29, 1.82) is 0 Å². The average Bonchev–Trinajstić information content (AvgIpc) is 3.15. The third kappa shape index (κ3) is 2.53. The van der Waals surface area contributed by atoms with Crippen LogP contribution in [0.4, 0.5) is 0 Å². The van der Waals surface area contributed by atoms with Gasteiger partial charge in [-0.2, -0.15) is 0 Å². The Hall–Kier alpha value is -2.52. The monoisotopic (exact) mass is 322 g/mol. The second-order valence-corrected chi connectivity index (χ2v) is 5.96. The summed E-state index contributed by atoms with van der Waals surface area (Å²) in [6, 6.07) is 16.3. The van der Waals surface area contributed by atoms with Crippen LogP contribution >= 0.6 is 11.6 Å². The maximum absolute atomic E-state index is 6.42. The summed E-state index contributed by atoms with van der Waals surface area (Å²) in [4.78, 5) is 4.34. The van der Waals surface area contributed by atoms with Crippen LogP contribution in [0.1, 0.15) is 11.3 Å². The molecule has 0 aliphatic heterocycles. The van der Waals surface area contributed by atoms with E-state index in [0.717, 1.165) is 16.9 Å². The number of fused-ring (bicyclic) bond motifs is 1. The van der Waals surface area contributed by atoms with Crippen LogP contribution in [0.15, 0.2) is 65.3 Å². The zero-order valence-corrected chi connectivity index (χ0v) is 13.4. The lowest BCUT2D eigenvalue weighted by atomic mass is 10.1. The topological polar surface area (TPSA) is 31.0 Å². The number of oxazole rings is 1. The van der Waals surface area contributed by atoms with Crippen LogP contribution in [0.2, 0.25) is 5.02 Å². The standard InChI is InChI=1S/C19H15ClN2O/c1-13-11-21-19(23-13)18-15(6-4-7-16(18)20)12-22-10-9-14-5-2-3-8-17(14)22/h2-11H,12H2,1H3. The SMILES string of the molecule is Cc1cnc(-c2c(Cl)cccc2Cn2ccc3ccccc32)o1. The number of benzene rings is 2. The first-order valence-corrected chi connectivity index (χ1v) is 7.84. The molecule has 2 heterocycles. The number of rotatable bonds is 3. The highest BCUT2D eigenvalue weighted by Gasteiger charge is 2.15.